The number of fused-ring (bicyclic) bond motifs is 1. The van der Waals surface area contributed by atoms with Gasteiger partial charge in [-0.25, -0.2) is 18.5 Å². The standard InChI is InChI=1S/C21H32N4O3S2/c1-4-5-11-25-19-10-9-16(30(22,27)28)12-18(19)24-21(25)29-13-20(26)23-17-8-6-7-14(2)15(17)3/h9-10,12,14-15,17H,4-8,11,13H2,1-3H3,(H,23,26)(H2,22,27,28)/t14-,15-,17-/m1/s1. The molecule has 1 aromatic carbocycles. The van der Waals surface area contributed by atoms with Gasteiger partial charge in [-0.15, -0.1) is 0 Å². The molecular formula is C21H32N4O3S2. The molecule has 0 saturated heterocycles. The van der Waals surface area contributed by atoms with Crippen LogP contribution in [0.5, 0.6) is 0 Å². The number of sulfonamides is 1. The zero-order valence-electron chi connectivity index (χ0n) is 17.9. The largest absolute Gasteiger partial charge is 0.352 e. The maximum atomic E-state index is 12.6. The van der Waals surface area contributed by atoms with E-state index < -0.39 is 10.0 Å². The quantitative estimate of drug-likeness (QED) is 0.596. The van der Waals surface area contributed by atoms with Crippen LogP contribution in [0, 0.1) is 11.8 Å². The molecule has 0 unspecified atom stereocenters. The van der Waals surface area contributed by atoms with Crippen LogP contribution in [0.2, 0.25) is 0 Å². The average Bonchev–Trinajstić information content (AvgIpc) is 3.04. The Bertz CT molecular complexity index is 1000. The molecule has 0 bridgehead atoms. The Hall–Kier alpha value is -1.58. The first kappa shape index (κ1) is 23.1. The summed E-state index contributed by atoms with van der Waals surface area (Å²) in [5.74, 6) is 1.42. The first-order valence-corrected chi connectivity index (χ1v) is 13.2. The molecule has 0 aliphatic heterocycles. The third-order valence-corrected chi connectivity index (χ3v) is 8.02. The summed E-state index contributed by atoms with van der Waals surface area (Å²) in [5.41, 5.74) is 1.43. The van der Waals surface area contributed by atoms with Crippen molar-refractivity contribution in [3.8, 4) is 0 Å². The van der Waals surface area contributed by atoms with Crippen molar-refractivity contribution in [1.29, 1.82) is 0 Å². The van der Waals surface area contributed by atoms with E-state index in [-0.39, 0.29) is 22.6 Å². The molecule has 0 spiro atoms. The van der Waals surface area contributed by atoms with Crippen LogP contribution in [0.1, 0.15) is 52.9 Å². The molecule has 3 N–H and O–H groups in total. The fraction of sp³-hybridized carbons (Fsp3) is 0.619. The van der Waals surface area contributed by atoms with Gasteiger partial charge >= 0.3 is 0 Å². The topological polar surface area (TPSA) is 107 Å². The third-order valence-electron chi connectivity index (χ3n) is 6.13. The van der Waals surface area contributed by atoms with Crippen LogP contribution in [0.15, 0.2) is 28.3 Å². The number of unbranched alkanes of at least 4 members (excludes halogenated alkanes) is 1. The minimum atomic E-state index is -3.79. The Morgan fingerprint density at radius 1 is 1.33 bits per heavy atom. The average molecular weight is 453 g/mol. The fourth-order valence-corrected chi connectivity index (χ4v) is 5.46. The van der Waals surface area contributed by atoms with Crippen molar-refractivity contribution in [2.45, 2.75) is 75.5 Å². The number of hydrogen-bond acceptors (Lipinski definition) is 5. The van der Waals surface area contributed by atoms with Crippen molar-refractivity contribution >= 4 is 38.7 Å². The molecule has 1 heterocycles. The molecule has 1 fully saturated rings. The van der Waals surface area contributed by atoms with Gasteiger partial charge in [-0.1, -0.05) is 51.8 Å². The van der Waals surface area contributed by atoms with Gasteiger partial charge in [0.2, 0.25) is 15.9 Å². The van der Waals surface area contributed by atoms with Crippen molar-refractivity contribution in [3.05, 3.63) is 18.2 Å². The number of aromatic nitrogens is 2. The van der Waals surface area contributed by atoms with Gasteiger partial charge in [0, 0.05) is 12.6 Å². The van der Waals surface area contributed by atoms with E-state index in [0.29, 0.717) is 17.4 Å². The van der Waals surface area contributed by atoms with Crippen LogP contribution >= 0.6 is 11.8 Å². The Labute approximate surface area is 183 Å². The highest BCUT2D eigenvalue weighted by Crippen LogP contribution is 2.30. The third kappa shape index (κ3) is 5.36. The summed E-state index contributed by atoms with van der Waals surface area (Å²) in [6, 6.07) is 4.99. The zero-order valence-corrected chi connectivity index (χ0v) is 19.6. The number of imidazole rings is 1. The van der Waals surface area contributed by atoms with Crippen LogP contribution in [0.25, 0.3) is 11.0 Å². The monoisotopic (exact) mass is 452 g/mol. The maximum Gasteiger partial charge on any atom is 0.238 e. The summed E-state index contributed by atoms with van der Waals surface area (Å²) in [6.07, 6.45) is 5.41. The van der Waals surface area contributed by atoms with Crippen LogP contribution < -0.4 is 10.5 Å². The molecule has 2 aromatic rings. The predicted octanol–water partition coefficient (Wildman–Crippen LogP) is 3.52. The lowest BCUT2D eigenvalue weighted by atomic mass is 9.78. The lowest BCUT2D eigenvalue weighted by molar-refractivity contribution is -0.120. The highest BCUT2D eigenvalue weighted by molar-refractivity contribution is 7.99. The highest BCUT2D eigenvalue weighted by atomic mass is 32.2. The van der Waals surface area contributed by atoms with E-state index in [4.69, 9.17) is 5.14 Å². The normalized spacial score (nSPS) is 22.3. The van der Waals surface area contributed by atoms with Gasteiger partial charge < -0.3 is 9.88 Å². The minimum absolute atomic E-state index is 0.0188. The van der Waals surface area contributed by atoms with Crippen LogP contribution in [0.3, 0.4) is 0 Å². The van der Waals surface area contributed by atoms with Crippen molar-refractivity contribution in [3.63, 3.8) is 0 Å². The van der Waals surface area contributed by atoms with Gasteiger partial charge in [0.05, 0.1) is 21.7 Å². The molecule has 3 atom stereocenters. The number of nitrogens with one attached hydrogen (secondary N) is 1. The number of nitrogens with two attached hydrogens (primary N) is 1. The summed E-state index contributed by atoms with van der Waals surface area (Å²) in [6.45, 7) is 7.35. The summed E-state index contributed by atoms with van der Waals surface area (Å²) in [4.78, 5) is 17.3. The van der Waals surface area contributed by atoms with E-state index in [1.165, 1.54) is 30.3 Å². The van der Waals surface area contributed by atoms with E-state index in [2.05, 4.69) is 35.6 Å². The molecule has 7 nitrogen and oxygen atoms in total. The smallest absolute Gasteiger partial charge is 0.238 e. The molecule has 9 heteroatoms. The van der Waals surface area contributed by atoms with Gasteiger partial charge in [0.15, 0.2) is 5.16 Å². The van der Waals surface area contributed by atoms with Gasteiger partial charge in [-0.3, -0.25) is 4.79 Å². The first-order valence-electron chi connectivity index (χ1n) is 10.7. The van der Waals surface area contributed by atoms with Crippen molar-refractivity contribution in [2.24, 2.45) is 17.0 Å². The molecule has 1 amide bonds. The first-order chi connectivity index (χ1) is 14.2. The number of benzene rings is 1. The fourth-order valence-electron chi connectivity index (χ4n) is 4.07. The number of carbonyl (C=O) groups excluding carboxylic acids is 1. The number of amides is 1. The van der Waals surface area contributed by atoms with Gasteiger partial charge in [-0.05, 0) is 42.9 Å². The van der Waals surface area contributed by atoms with Crippen molar-refractivity contribution in [2.75, 3.05) is 5.75 Å². The van der Waals surface area contributed by atoms with Gasteiger partial charge in [0.1, 0.15) is 0 Å². The molecule has 1 aliphatic carbocycles. The maximum absolute atomic E-state index is 12.6. The Kier molecular flexibility index (Phi) is 7.47. The van der Waals surface area contributed by atoms with E-state index in [1.54, 1.807) is 6.07 Å². The predicted molar refractivity (Wildman–Crippen MR) is 121 cm³/mol. The number of rotatable bonds is 8. The Morgan fingerprint density at radius 3 is 2.80 bits per heavy atom. The number of aryl methyl sites for hydroxylation is 1. The molecule has 166 valence electrons. The lowest BCUT2D eigenvalue weighted by Gasteiger charge is -2.34. The van der Waals surface area contributed by atoms with Crippen LogP contribution in [-0.4, -0.2) is 35.7 Å². The van der Waals surface area contributed by atoms with Crippen LogP contribution in [0.4, 0.5) is 0 Å². The second-order valence-electron chi connectivity index (χ2n) is 8.33. The molecule has 1 aromatic heterocycles. The van der Waals surface area contributed by atoms with E-state index in [0.717, 1.165) is 42.9 Å². The van der Waals surface area contributed by atoms with E-state index >= 15 is 0 Å². The Balaban J connectivity index is 1.76. The minimum Gasteiger partial charge on any atom is -0.352 e. The summed E-state index contributed by atoms with van der Waals surface area (Å²) >= 11 is 1.39. The summed E-state index contributed by atoms with van der Waals surface area (Å²) in [5, 5.41) is 9.19. The van der Waals surface area contributed by atoms with Gasteiger partial charge in [0.25, 0.3) is 0 Å². The molecule has 30 heavy (non-hydrogen) atoms. The Morgan fingerprint density at radius 2 is 2.10 bits per heavy atom. The number of nitrogens with zero attached hydrogens (tertiary/aromatic N) is 2. The molecule has 1 aliphatic rings. The number of primary sulfonamides is 1. The second-order valence-corrected chi connectivity index (χ2v) is 10.8. The summed E-state index contributed by atoms with van der Waals surface area (Å²) in [7, 11) is -3.79. The molecule has 1 saturated carbocycles. The van der Waals surface area contributed by atoms with Gasteiger partial charge in [-0.2, -0.15) is 0 Å². The number of thioether (sulfide) groups is 1. The SMILES string of the molecule is CCCCn1c(SCC(=O)N[C@@H]2CCC[C@@H](C)[C@H]2C)nc2cc(S(N)(=O)=O)ccc21. The number of hydrogen-bond donors (Lipinski definition) is 2. The molecule has 3 rings (SSSR count). The second kappa shape index (κ2) is 9.70. The zero-order chi connectivity index (χ0) is 21.9. The van der Waals surface area contributed by atoms with E-state index in [1.807, 2.05) is 0 Å². The lowest BCUT2D eigenvalue weighted by Crippen LogP contribution is -2.44. The van der Waals surface area contributed by atoms with E-state index in [9.17, 15) is 13.2 Å². The molecular weight excluding hydrogens is 420 g/mol. The van der Waals surface area contributed by atoms with Crippen molar-refractivity contribution in [1.82, 2.24) is 14.9 Å². The molecule has 0 radical (unpaired) electrons. The highest BCUT2D eigenvalue weighted by Gasteiger charge is 2.28. The summed E-state index contributed by atoms with van der Waals surface area (Å²) < 4.78 is 25.4. The number of carbonyl (C=O) groups is 1. The van der Waals surface area contributed by atoms with Crippen molar-refractivity contribution < 1.29 is 13.2 Å². The van der Waals surface area contributed by atoms with Crippen LogP contribution in [-0.2, 0) is 21.4 Å².